The standard InChI is InChI=1S/C23H38N2O5/c1-20(2)14-29-23(24(20)26)12-9-19-17-6-5-15-13-16(30-25(27)28)7-10-21(15,3)18(17)8-11-22(19,23)4/h15-19,26H,5-14H2,1-4H3/t15?,16-,17?,18?,19?,21?,22?,23?/m1/s1. The zero-order valence-corrected chi connectivity index (χ0v) is 18.9. The highest BCUT2D eigenvalue weighted by molar-refractivity contribution is 5.16. The van der Waals surface area contributed by atoms with Crippen molar-refractivity contribution in [1.82, 2.24) is 5.06 Å². The molecular formula is C23H38N2O5. The maximum absolute atomic E-state index is 11.2. The van der Waals surface area contributed by atoms with Gasteiger partial charge in [-0.2, -0.15) is 5.06 Å². The third-order valence-corrected chi connectivity index (χ3v) is 10.5. The Bertz CT molecular complexity index is 730. The highest BCUT2D eigenvalue weighted by atomic mass is 17.0. The summed E-state index contributed by atoms with van der Waals surface area (Å²) in [4.78, 5) is 15.8. The molecule has 30 heavy (non-hydrogen) atoms. The van der Waals surface area contributed by atoms with Crippen LogP contribution in [0.2, 0.25) is 0 Å². The predicted molar refractivity (Wildman–Crippen MR) is 110 cm³/mol. The van der Waals surface area contributed by atoms with Gasteiger partial charge in [0.05, 0.1) is 12.1 Å². The van der Waals surface area contributed by atoms with Gasteiger partial charge in [0.1, 0.15) is 11.8 Å². The second-order valence-electron chi connectivity index (χ2n) is 12.1. The zero-order valence-electron chi connectivity index (χ0n) is 18.9. The van der Waals surface area contributed by atoms with Crippen LogP contribution in [0.25, 0.3) is 0 Å². The van der Waals surface area contributed by atoms with Gasteiger partial charge in [0.15, 0.2) is 0 Å². The monoisotopic (exact) mass is 422 g/mol. The Morgan fingerprint density at radius 1 is 1.03 bits per heavy atom. The van der Waals surface area contributed by atoms with E-state index in [2.05, 4.69) is 27.7 Å². The van der Waals surface area contributed by atoms with Crippen molar-refractivity contribution in [2.24, 2.45) is 34.5 Å². The second-order valence-corrected chi connectivity index (χ2v) is 12.1. The number of hydrogen-bond acceptors (Lipinski definition) is 6. The van der Waals surface area contributed by atoms with E-state index in [1.165, 1.54) is 12.8 Å². The first-order valence-electron chi connectivity index (χ1n) is 12.0. The first kappa shape index (κ1) is 21.0. The van der Waals surface area contributed by atoms with E-state index in [-0.39, 0.29) is 22.5 Å². The fraction of sp³-hybridized carbons (Fsp3) is 1.00. The number of rotatable bonds is 2. The van der Waals surface area contributed by atoms with Crippen LogP contribution in [0, 0.1) is 44.6 Å². The van der Waals surface area contributed by atoms with Crippen LogP contribution in [-0.2, 0) is 9.57 Å². The van der Waals surface area contributed by atoms with E-state index in [0.29, 0.717) is 30.3 Å². The van der Waals surface area contributed by atoms with Gasteiger partial charge < -0.3 is 14.8 Å². The predicted octanol–water partition coefficient (Wildman–Crippen LogP) is 4.80. The summed E-state index contributed by atoms with van der Waals surface area (Å²) in [5.41, 5.74) is -0.647. The summed E-state index contributed by atoms with van der Waals surface area (Å²) in [5, 5.41) is 23.0. The number of fused-ring (bicyclic) bond motifs is 6. The third kappa shape index (κ3) is 2.61. The maximum Gasteiger partial charge on any atom is 0.294 e. The Morgan fingerprint density at radius 3 is 2.43 bits per heavy atom. The van der Waals surface area contributed by atoms with E-state index in [4.69, 9.17) is 9.57 Å². The molecule has 1 heterocycles. The molecule has 0 aromatic carbocycles. The smallest absolute Gasteiger partial charge is 0.294 e. The molecule has 7 heteroatoms. The van der Waals surface area contributed by atoms with Gasteiger partial charge in [0.2, 0.25) is 0 Å². The first-order chi connectivity index (χ1) is 14.0. The molecule has 5 rings (SSSR count). The molecule has 4 aliphatic carbocycles. The van der Waals surface area contributed by atoms with E-state index < -0.39 is 10.8 Å². The lowest BCUT2D eigenvalue weighted by Crippen LogP contribution is -2.62. The van der Waals surface area contributed by atoms with Crippen molar-refractivity contribution in [1.29, 1.82) is 0 Å². The van der Waals surface area contributed by atoms with Gasteiger partial charge in [0, 0.05) is 5.41 Å². The minimum Gasteiger partial charge on any atom is -0.356 e. The fourth-order valence-electron chi connectivity index (χ4n) is 8.90. The van der Waals surface area contributed by atoms with Crippen molar-refractivity contribution < 1.29 is 19.9 Å². The summed E-state index contributed by atoms with van der Waals surface area (Å²) in [6.07, 6.45) is 9.06. The lowest BCUT2D eigenvalue weighted by atomic mass is 9.44. The van der Waals surface area contributed by atoms with E-state index >= 15 is 0 Å². The molecule has 0 aromatic heterocycles. The molecule has 1 saturated heterocycles. The van der Waals surface area contributed by atoms with Crippen molar-refractivity contribution in [3.05, 3.63) is 10.1 Å². The number of hydroxylamine groups is 2. The lowest BCUT2D eigenvalue weighted by Gasteiger charge is -2.62. The normalized spacial score (nSPS) is 52.5. The summed E-state index contributed by atoms with van der Waals surface area (Å²) >= 11 is 0. The molecule has 170 valence electrons. The summed E-state index contributed by atoms with van der Waals surface area (Å²) in [7, 11) is 0. The molecule has 0 aromatic rings. The average molecular weight is 423 g/mol. The van der Waals surface area contributed by atoms with Crippen LogP contribution in [0.4, 0.5) is 0 Å². The third-order valence-electron chi connectivity index (χ3n) is 10.5. The molecule has 1 aliphatic heterocycles. The van der Waals surface area contributed by atoms with Gasteiger partial charge >= 0.3 is 0 Å². The molecule has 0 bridgehead atoms. The Morgan fingerprint density at radius 2 is 1.77 bits per heavy atom. The molecule has 8 atom stereocenters. The van der Waals surface area contributed by atoms with Crippen molar-refractivity contribution in [2.45, 2.75) is 103 Å². The highest BCUT2D eigenvalue weighted by Gasteiger charge is 2.70. The summed E-state index contributed by atoms with van der Waals surface area (Å²) < 4.78 is 6.46. The molecular weight excluding hydrogens is 384 g/mol. The van der Waals surface area contributed by atoms with Gasteiger partial charge in [0.25, 0.3) is 5.09 Å². The van der Waals surface area contributed by atoms with Crippen LogP contribution in [0.5, 0.6) is 0 Å². The van der Waals surface area contributed by atoms with Crippen molar-refractivity contribution in [3.8, 4) is 0 Å². The van der Waals surface area contributed by atoms with Crippen LogP contribution >= 0.6 is 0 Å². The molecule has 7 unspecified atom stereocenters. The first-order valence-corrected chi connectivity index (χ1v) is 12.0. The Hall–Kier alpha value is -0.920. The second kappa shape index (κ2) is 6.55. The maximum atomic E-state index is 11.2. The molecule has 5 fully saturated rings. The van der Waals surface area contributed by atoms with Crippen LogP contribution < -0.4 is 0 Å². The summed E-state index contributed by atoms with van der Waals surface area (Å²) in [6, 6.07) is 0. The van der Waals surface area contributed by atoms with E-state index in [1.54, 1.807) is 5.06 Å². The van der Waals surface area contributed by atoms with Gasteiger partial charge in [-0.3, -0.25) is 0 Å². The highest BCUT2D eigenvalue weighted by Crippen LogP contribution is 2.70. The van der Waals surface area contributed by atoms with Crippen LogP contribution in [-0.4, -0.2) is 39.3 Å². The fourth-order valence-corrected chi connectivity index (χ4v) is 8.90. The van der Waals surface area contributed by atoms with Gasteiger partial charge in [-0.15, -0.1) is 10.1 Å². The van der Waals surface area contributed by atoms with E-state index in [0.717, 1.165) is 44.9 Å². The van der Waals surface area contributed by atoms with Crippen LogP contribution in [0.1, 0.15) is 85.5 Å². The summed E-state index contributed by atoms with van der Waals surface area (Å²) in [6.45, 7) is 9.56. The van der Waals surface area contributed by atoms with E-state index in [9.17, 15) is 15.3 Å². The Balaban J connectivity index is 1.39. The molecule has 5 aliphatic rings. The van der Waals surface area contributed by atoms with Crippen molar-refractivity contribution in [3.63, 3.8) is 0 Å². The van der Waals surface area contributed by atoms with Gasteiger partial charge in [-0.05, 0) is 101 Å². The Kier molecular flexibility index (Phi) is 4.57. The van der Waals surface area contributed by atoms with Crippen LogP contribution in [0.3, 0.4) is 0 Å². The largest absolute Gasteiger partial charge is 0.356 e. The minimum atomic E-state index is -0.604. The van der Waals surface area contributed by atoms with Crippen molar-refractivity contribution in [2.75, 3.05) is 6.61 Å². The van der Waals surface area contributed by atoms with Gasteiger partial charge in [-0.1, -0.05) is 13.8 Å². The van der Waals surface area contributed by atoms with Crippen LogP contribution in [0.15, 0.2) is 0 Å². The minimum absolute atomic E-state index is 0.0220. The van der Waals surface area contributed by atoms with E-state index in [1.807, 2.05) is 0 Å². The number of nitrogens with zero attached hydrogens (tertiary/aromatic N) is 2. The molecule has 0 amide bonds. The summed E-state index contributed by atoms with van der Waals surface area (Å²) in [5.74, 6) is 2.43. The Labute approximate surface area is 179 Å². The quantitative estimate of drug-likeness (QED) is 0.508. The number of ether oxygens (including phenoxy) is 1. The molecule has 4 saturated carbocycles. The SMILES string of the molecule is CC12CC[C@@H](O[N+](=O)[O-])CC1CCC1C2CCC2(C)C1CCC21OCC(C)(C)N1O. The van der Waals surface area contributed by atoms with Crippen molar-refractivity contribution >= 4 is 0 Å². The molecule has 0 radical (unpaired) electrons. The van der Waals surface area contributed by atoms with Gasteiger partial charge in [-0.25, -0.2) is 0 Å². The molecule has 7 nitrogen and oxygen atoms in total. The molecule has 1 spiro atoms. The zero-order chi connectivity index (χ0) is 21.5. The lowest BCUT2D eigenvalue weighted by molar-refractivity contribution is -0.770. The number of hydrogen-bond donors (Lipinski definition) is 1. The molecule has 1 N–H and O–H groups in total. The topological polar surface area (TPSA) is 85.1 Å². The average Bonchev–Trinajstić information content (AvgIpc) is 3.11.